The smallest absolute Gasteiger partial charge is 0.284 e. The van der Waals surface area contributed by atoms with Crippen LogP contribution in [0.4, 0.5) is 4.79 Å². The summed E-state index contributed by atoms with van der Waals surface area (Å²) in [4.78, 5) is 10.3. The van der Waals surface area contributed by atoms with Crippen molar-refractivity contribution < 1.29 is 4.79 Å². The van der Waals surface area contributed by atoms with Gasteiger partial charge in [-0.1, -0.05) is 0 Å². The lowest BCUT2D eigenvalue weighted by Crippen LogP contribution is -2.28. The molecule has 8 heavy (non-hydrogen) atoms. The molecular weight excluding hydrogens is 126 g/mol. The molecule has 0 heterocycles. The second-order valence-corrected chi connectivity index (χ2v) is 2.62. The van der Waals surface area contributed by atoms with Crippen LogP contribution in [-0.2, 0) is 0 Å². The van der Waals surface area contributed by atoms with Crippen molar-refractivity contribution in [3.05, 3.63) is 0 Å². The van der Waals surface area contributed by atoms with Crippen LogP contribution < -0.4 is 11.3 Å². The quantitative estimate of drug-likeness (QED) is 0.226. The number of nitrogens with one attached hydrogen (secondary N) is 1. The van der Waals surface area contributed by atoms with E-state index in [-0.39, 0.29) is 5.24 Å². The first-order valence-corrected chi connectivity index (χ1v) is 2.80. The van der Waals surface area contributed by atoms with Gasteiger partial charge in [0.15, 0.2) is 0 Å². The van der Waals surface area contributed by atoms with Gasteiger partial charge in [0, 0.05) is 11.9 Å². The molecule has 0 aromatic rings. The van der Waals surface area contributed by atoms with Crippen LogP contribution in [0.5, 0.6) is 0 Å². The molecule has 0 rings (SSSR count). The number of hydrogen-bond donors (Lipinski definition) is 2. The zero-order valence-electron chi connectivity index (χ0n) is 4.84. The minimum absolute atomic E-state index is 0.255. The Morgan fingerprint density at radius 1 is 1.75 bits per heavy atom. The standard InChI is InChI=1S/C3H9N3OS/c1-6(2)8-3(7)5-4/h4H2,1-2H3,(H,5,7). The van der Waals surface area contributed by atoms with Crippen molar-refractivity contribution in [1.82, 2.24) is 9.73 Å². The molecule has 4 nitrogen and oxygen atoms in total. The van der Waals surface area contributed by atoms with Gasteiger partial charge < -0.3 is 0 Å². The maximum atomic E-state index is 10.3. The van der Waals surface area contributed by atoms with Crippen molar-refractivity contribution in [2.75, 3.05) is 14.1 Å². The Kier molecular flexibility index (Phi) is 3.59. The van der Waals surface area contributed by atoms with E-state index in [1.165, 1.54) is 0 Å². The third-order valence-corrected chi connectivity index (χ3v) is 1.03. The van der Waals surface area contributed by atoms with Crippen LogP contribution in [0.15, 0.2) is 0 Å². The van der Waals surface area contributed by atoms with Crippen LogP contribution in [0.3, 0.4) is 0 Å². The van der Waals surface area contributed by atoms with Gasteiger partial charge in [-0.15, -0.1) is 0 Å². The average Bonchev–Trinajstić information content (AvgIpc) is 1.65. The van der Waals surface area contributed by atoms with Crippen molar-refractivity contribution in [1.29, 1.82) is 0 Å². The summed E-state index contributed by atoms with van der Waals surface area (Å²) in [6, 6.07) is 0. The highest BCUT2D eigenvalue weighted by Crippen LogP contribution is 2.01. The van der Waals surface area contributed by atoms with E-state index < -0.39 is 0 Å². The number of amides is 1. The number of carbonyl (C=O) groups is 1. The van der Waals surface area contributed by atoms with Gasteiger partial charge in [-0.25, -0.2) is 10.1 Å². The Balaban J connectivity index is 3.25. The largest absolute Gasteiger partial charge is 0.308 e. The molecule has 5 heteroatoms. The number of rotatable bonds is 1. The van der Waals surface area contributed by atoms with Gasteiger partial charge in [-0.3, -0.25) is 10.2 Å². The SMILES string of the molecule is CN(C)SC(=O)NN. The molecule has 0 aliphatic heterocycles. The fourth-order valence-corrected chi connectivity index (χ4v) is 0.577. The number of nitrogens with zero attached hydrogens (tertiary/aromatic N) is 1. The summed E-state index contributed by atoms with van der Waals surface area (Å²) in [7, 11) is 3.53. The third kappa shape index (κ3) is 3.91. The Hall–Kier alpha value is -0.260. The molecule has 0 aliphatic carbocycles. The van der Waals surface area contributed by atoms with Gasteiger partial charge >= 0.3 is 5.24 Å². The van der Waals surface area contributed by atoms with E-state index in [1.54, 1.807) is 18.4 Å². The molecule has 0 spiro atoms. The summed E-state index contributed by atoms with van der Waals surface area (Å²) in [5.74, 6) is 4.77. The van der Waals surface area contributed by atoms with Gasteiger partial charge in [0.25, 0.3) is 0 Å². The van der Waals surface area contributed by atoms with Gasteiger partial charge in [-0.05, 0) is 14.1 Å². The first-order chi connectivity index (χ1) is 3.66. The van der Waals surface area contributed by atoms with Crippen molar-refractivity contribution in [3.63, 3.8) is 0 Å². The highest BCUT2D eigenvalue weighted by molar-refractivity contribution is 8.11. The minimum Gasteiger partial charge on any atom is -0.284 e. The number of nitrogens with two attached hydrogens (primary N) is 1. The summed E-state index contributed by atoms with van der Waals surface area (Å²) >= 11 is 1.01. The van der Waals surface area contributed by atoms with E-state index in [4.69, 9.17) is 5.84 Å². The van der Waals surface area contributed by atoms with Gasteiger partial charge in [0.05, 0.1) is 0 Å². The van der Waals surface area contributed by atoms with Crippen LogP contribution in [0.1, 0.15) is 0 Å². The third-order valence-electron chi connectivity index (χ3n) is 0.383. The summed E-state index contributed by atoms with van der Waals surface area (Å²) in [6.07, 6.45) is 0. The molecule has 48 valence electrons. The molecule has 0 saturated heterocycles. The Morgan fingerprint density at radius 3 is 2.38 bits per heavy atom. The summed E-state index contributed by atoms with van der Waals surface area (Å²) in [5, 5.41) is -0.255. The van der Waals surface area contributed by atoms with Crippen molar-refractivity contribution in [2.45, 2.75) is 0 Å². The number of carbonyl (C=O) groups excluding carboxylic acids is 1. The predicted molar refractivity (Wildman–Crippen MR) is 34.0 cm³/mol. The normalized spacial score (nSPS) is 9.50. The molecule has 0 aromatic carbocycles. The van der Waals surface area contributed by atoms with Crippen molar-refractivity contribution >= 4 is 17.2 Å². The predicted octanol–water partition coefficient (Wildman–Crippen LogP) is -0.221. The molecule has 0 radical (unpaired) electrons. The molecule has 0 fully saturated rings. The molecule has 0 unspecified atom stereocenters. The van der Waals surface area contributed by atoms with E-state index in [1.807, 2.05) is 5.43 Å². The Morgan fingerprint density at radius 2 is 2.25 bits per heavy atom. The maximum Gasteiger partial charge on any atom is 0.308 e. The zero-order chi connectivity index (χ0) is 6.57. The molecule has 0 atom stereocenters. The monoisotopic (exact) mass is 135 g/mol. The van der Waals surface area contributed by atoms with Crippen LogP contribution in [-0.4, -0.2) is 23.6 Å². The fourth-order valence-electron chi connectivity index (χ4n) is 0.192. The van der Waals surface area contributed by atoms with E-state index in [0.29, 0.717) is 0 Å². The average molecular weight is 135 g/mol. The molecule has 0 bridgehead atoms. The highest BCUT2D eigenvalue weighted by Gasteiger charge is 1.98. The van der Waals surface area contributed by atoms with Gasteiger partial charge in [0.2, 0.25) is 0 Å². The summed E-state index contributed by atoms with van der Waals surface area (Å²) in [5.41, 5.74) is 1.98. The molecule has 0 aliphatic rings. The van der Waals surface area contributed by atoms with E-state index in [0.717, 1.165) is 11.9 Å². The first kappa shape index (κ1) is 7.74. The van der Waals surface area contributed by atoms with Crippen molar-refractivity contribution in [2.24, 2.45) is 5.84 Å². The Bertz CT molecular complexity index is 84.6. The van der Waals surface area contributed by atoms with E-state index in [9.17, 15) is 4.79 Å². The lowest BCUT2D eigenvalue weighted by molar-refractivity contribution is 0.260. The molecule has 1 amide bonds. The first-order valence-electron chi connectivity index (χ1n) is 2.02. The minimum atomic E-state index is -0.255. The van der Waals surface area contributed by atoms with Crippen LogP contribution >= 0.6 is 11.9 Å². The summed E-state index contributed by atoms with van der Waals surface area (Å²) < 4.78 is 1.65. The van der Waals surface area contributed by atoms with E-state index in [2.05, 4.69) is 0 Å². The van der Waals surface area contributed by atoms with Gasteiger partial charge in [-0.2, -0.15) is 0 Å². The lowest BCUT2D eigenvalue weighted by atomic mass is 11.3. The summed E-state index contributed by atoms with van der Waals surface area (Å²) in [6.45, 7) is 0. The van der Waals surface area contributed by atoms with E-state index >= 15 is 0 Å². The second-order valence-electron chi connectivity index (χ2n) is 1.34. The number of hydrogen-bond acceptors (Lipinski definition) is 4. The van der Waals surface area contributed by atoms with Crippen LogP contribution in [0.25, 0.3) is 0 Å². The topological polar surface area (TPSA) is 58.4 Å². The zero-order valence-corrected chi connectivity index (χ0v) is 5.66. The van der Waals surface area contributed by atoms with Crippen molar-refractivity contribution in [3.8, 4) is 0 Å². The Labute approximate surface area is 52.5 Å². The number of hydrazine groups is 1. The highest BCUT2D eigenvalue weighted by atomic mass is 32.2. The molecule has 0 saturated carbocycles. The van der Waals surface area contributed by atoms with Gasteiger partial charge in [0.1, 0.15) is 0 Å². The fraction of sp³-hybridized carbons (Fsp3) is 0.667. The maximum absolute atomic E-state index is 10.3. The lowest BCUT2D eigenvalue weighted by Gasteiger charge is -2.04. The van der Waals surface area contributed by atoms with Crippen LogP contribution in [0, 0.1) is 0 Å². The van der Waals surface area contributed by atoms with Crippen LogP contribution in [0.2, 0.25) is 0 Å². The second kappa shape index (κ2) is 3.71. The molecule has 0 aromatic heterocycles. The molecular formula is C3H9N3OS. The molecule has 3 N–H and O–H groups in total.